The second-order valence-electron chi connectivity index (χ2n) is 7.65. The monoisotopic (exact) mass is 469 g/mol. The van der Waals surface area contributed by atoms with Gasteiger partial charge in [0.2, 0.25) is 0 Å². The molecule has 7 heteroatoms. The maximum absolute atomic E-state index is 12.6. The number of thiazole rings is 1. The van der Waals surface area contributed by atoms with Gasteiger partial charge in [0.25, 0.3) is 5.91 Å². The van der Waals surface area contributed by atoms with Crippen LogP contribution in [0.2, 0.25) is 0 Å². The highest BCUT2D eigenvalue weighted by Gasteiger charge is 2.12. The van der Waals surface area contributed by atoms with Crippen LogP contribution in [0.5, 0.6) is 11.5 Å². The lowest BCUT2D eigenvalue weighted by atomic mass is 10.1. The molecule has 0 atom stereocenters. The summed E-state index contributed by atoms with van der Waals surface area (Å²) in [4.78, 5) is 16.9. The van der Waals surface area contributed by atoms with Crippen molar-refractivity contribution in [3.8, 4) is 17.6 Å². The van der Waals surface area contributed by atoms with Gasteiger partial charge in [-0.25, -0.2) is 4.98 Å². The molecule has 0 fully saturated rings. The van der Waals surface area contributed by atoms with Crippen LogP contribution in [0.4, 0.5) is 5.13 Å². The molecule has 4 aromatic rings. The third-order valence-electron chi connectivity index (χ3n) is 5.02. The summed E-state index contributed by atoms with van der Waals surface area (Å²) in [5.74, 6) is 1.04. The van der Waals surface area contributed by atoms with E-state index in [4.69, 9.17) is 9.47 Å². The van der Waals surface area contributed by atoms with Gasteiger partial charge in [0.1, 0.15) is 36.4 Å². The molecule has 0 aliphatic rings. The number of hydrogen-bond donors (Lipinski definition) is 1. The predicted molar refractivity (Wildman–Crippen MR) is 135 cm³/mol. The van der Waals surface area contributed by atoms with Gasteiger partial charge >= 0.3 is 0 Å². The molecule has 0 unspecified atom stereocenters. The number of carbonyl (C=O) groups excluding carboxylic acids is 1. The molecular formula is C27H23N3O3S. The number of hydrogen-bond acceptors (Lipinski definition) is 6. The molecule has 0 radical (unpaired) electrons. The van der Waals surface area contributed by atoms with Gasteiger partial charge in [0.05, 0.1) is 10.2 Å². The quantitative estimate of drug-likeness (QED) is 0.197. The summed E-state index contributed by atoms with van der Waals surface area (Å²) in [6.45, 7) is 4.87. The maximum atomic E-state index is 12.6. The van der Waals surface area contributed by atoms with Crippen LogP contribution >= 0.6 is 11.3 Å². The first kappa shape index (κ1) is 23.0. The van der Waals surface area contributed by atoms with E-state index in [9.17, 15) is 10.1 Å². The Kier molecular flexibility index (Phi) is 7.21. The number of rotatable bonds is 8. The van der Waals surface area contributed by atoms with E-state index < -0.39 is 5.91 Å². The molecule has 3 aromatic carbocycles. The van der Waals surface area contributed by atoms with Crippen LogP contribution in [0.3, 0.4) is 0 Å². The summed E-state index contributed by atoms with van der Waals surface area (Å²) in [5.41, 5.74) is 3.75. The number of carbonyl (C=O) groups is 1. The fourth-order valence-electron chi connectivity index (χ4n) is 3.24. The molecule has 0 spiro atoms. The van der Waals surface area contributed by atoms with Crippen molar-refractivity contribution in [2.24, 2.45) is 0 Å². The molecule has 0 bridgehead atoms. The standard InChI is InChI=1S/C27H23N3O3S/c1-18-7-8-19(2)24(15-18)33-14-13-32-22-11-9-20(10-12-22)16-21(17-28)26(31)30-27-29-23-5-3-4-6-25(23)34-27/h3-12,15-16H,13-14H2,1-2H3,(H,29,30,31)/b21-16+. The van der Waals surface area contributed by atoms with Gasteiger partial charge < -0.3 is 9.47 Å². The first-order valence-electron chi connectivity index (χ1n) is 10.7. The van der Waals surface area contributed by atoms with Crippen molar-refractivity contribution in [3.63, 3.8) is 0 Å². The molecule has 0 aliphatic carbocycles. The first-order valence-corrected chi connectivity index (χ1v) is 11.5. The van der Waals surface area contributed by atoms with Crippen LogP contribution in [0.25, 0.3) is 16.3 Å². The highest BCUT2D eigenvalue weighted by molar-refractivity contribution is 7.22. The van der Waals surface area contributed by atoms with Crippen LogP contribution in [0, 0.1) is 25.2 Å². The van der Waals surface area contributed by atoms with Gasteiger partial charge in [-0.2, -0.15) is 5.26 Å². The lowest BCUT2D eigenvalue weighted by Crippen LogP contribution is -2.13. The summed E-state index contributed by atoms with van der Waals surface area (Å²) in [6, 6.07) is 22.9. The lowest BCUT2D eigenvalue weighted by molar-refractivity contribution is -0.112. The highest BCUT2D eigenvalue weighted by Crippen LogP contribution is 2.26. The molecule has 6 nitrogen and oxygen atoms in total. The molecular weight excluding hydrogens is 446 g/mol. The van der Waals surface area contributed by atoms with Crippen LogP contribution < -0.4 is 14.8 Å². The number of nitriles is 1. The Hall–Kier alpha value is -4.15. The van der Waals surface area contributed by atoms with Crippen molar-refractivity contribution in [1.29, 1.82) is 5.26 Å². The van der Waals surface area contributed by atoms with Crippen molar-refractivity contribution < 1.29 is 14.3 Å². The zero-order chi connectivity index (χ0) is 23.9. The SMILES string of the molecule is Cc1ccc(C)c(OCCOc2ccc(/C=C(\C#N)C(=O)Nc3nc4ccccc4s3)cc2)c1. The predicted octanol–water partition coefficient (Wildman–Crippen LogP) is 5.92. The molecule has 1 amide bonds. The molecule has 0 saturated carbocycles. The van der Waals surface area contributed by atoms with Gasteiger partial charge in [0, 0.05) is 0 Å². The van der Waals surface area contributed by atoms with Crippen molar-refractivity contribution in [2.45, 2.75) is 13.8 Å². The van der Waals surface area contributed by atoms with Gasteiger partial charge in [-0.15, -0.1) is 0 Å². The number of fused-ring (bicyclic) bond motifs is 1. The number of nitrogens with one attached hydrogen (secondary N) is 1. The molecule has 34 heavy (non-hydrogen) atoms. The average Bonchev–Trinajstić information content (AvgIpc) is 3.25. The number of para-hydroxylation sites is 1. The van der Waals surface area contributed by atoms with E-state index in [1.807, 2.05) is 56.3 Å². The Morgan fingerprint density at radius 2 is 1.82 bits per heavy atom. The van der Waals surface area contributed by atoms with Gasteiger partial charge in [0.15, 0.2) is 5.13 Å². The molecule has 0 aliphatic heterocycles. The number of nitrogens with zero attached hydrogens (tertiary/aromatic N) is 2. The van der Waals surface area contributed by atoms with Crippen molar-refractivity contribution in [3.05, 3.63) is 89.0 Å². The van der Waals surface area contributed by atoms with Gasteiger partial charge in [-0.1, -0.05) is 47.7 Å². The zero-order valence-corrected chi connectivity index (χ0v) is 19.7. The zero-order valence-electron chi connectivity index (χ0n) is 18.9. The van der Waals surface area contributed by atoms with E-state index in [1.54, 1.807) is 24.3 Å². The molecule has 1 N–H and O–H groups in total. The molecule has 170 valence electrons. The van der Waals surface area contributed by atoms with Crippen LogP contribution in [-0.4, -0.2) is 24.1 Å². The van der Waals surface area contributed by atoms with Crippen LogP contribution in [0.15, 0.2) is 72.3 Å². The van der Waals surface area contributed by atoms with Crippen molar-refractivity contribution >= 4 is 38.7 Å². The molecule has 4 rings (SSSR count). The largest absolute Gasteiger partial charge is 0.490 e. The minimum Gasteiger partial charge on any atom is -0.490 e. The number of anilines is 1. The van der Waals surface area contributed by atoms with E-state index in [0.29, 0.717) is 24.1 Å². The number of amides is 1. The Bertz CT molecular complexity index is 1350. The molecule has 0 saturated heterocycles. The Balaban J connectivity index is 1.32. The van der Waals surface area contributed by atoms with Crippen molar-refractivity contribution in [2.75, 3.05) is 18.5 Å². The fourth-order valence-corrected chi connectivity index (χ4v) is 4.10. The third-order valence-corrected chi connectivity index (χ3v) is 5.98. The summed E-state index contributed by atoms with van der Waals surface area (Å²) in [5, 5.41) is 12.6. The van der Waals surface area contributed by atoms with Crippen LogP contribution in [-0.2, 0) is 4.79 Å². The molecule has 1 heterocycles. The van der Waals surface area contributed by atoms with E-state index in [1.165, 1.54) is 17.4 Å². The average molecular weight is 470 g/mol. The first-order chi connectivity index (χ1) is 16.5. The summed E-state index contributed by atoms with van der Waals surface area (Å²) >= 11 is 1.36. The summed E-state index contributed by atoms with van der Waals surface area (Å²) in [7, 11) is 0. The van der Waals surface area contributed by atoms with E-state index in [0.717, 1.165) is 32.7 Å². The van der Waals surface area contributed by atoms with Gasteiger partial charge in [-0.3, -0.25) is 10.1 Å². The summed E-state index contributed by atoms with van der Waals surface area (Å²) < 4.78 is 12.5. The number of benzene rings is 3. The van der Waals surface area contributed by atoms with E-state index in [-0.39, 0.29) is 5.57 Å². The van der Waals surface area contributed by atoms with Gasteiger partial charge in [-0.05, 0) is 66.9 Å². The van der Waals surface area contributed by atoms with E-state index >= 15 is 0 Å². The Morgan fingerprint density at radius 3 is 2.59 bits per heavy atom. The second kappa shape index (κ2) is 10.6. The number of aromatic nitrogens is 1. The minimum absolute atomic E-state index is 0.00477. The van der Waals surface area contributed by atoms with E-state index in [2.05, 4.69) is 16.4 Å². The number of aryl methyl sites for hydroxylation is 2. The topological polar surface area (TPSA) is 84.2 Å². The third kappa shape index (κ3) is 5.80. The minimum atomic E-state index is -0.495. The Morgan fingerprint density at radius 1 is 1.06 bits per heavy atom. The van der Waals surface area contributed by atoms with Crippen LogP contribution in [0.1, 0.15) is 16.7 Å². The number of ether oxygens (including phenoxy) is 2. The Labute approximate surface area is 202 Å². The summed E-state index contributed by atoms with van der Waals surface area (Å²) in [6.07, 6.45) is 1.54. The normalized spacial score (nSPS) is 11.1. The molecule has 1 aromatic heterocycles. The smallest absolute Gasteiger partial charge is 0.268 e. The second-order valence-corrected chi connectivity index (χ2v) is 8.68. The lowest BCUT2D eigenvalue weighted by Gasteiger charge is -2.11. The fraction of sp³-hybridized carbons (Fsp3) is 0.148. The maximum Gasteiger partial charge on any atom is 0.268 e. The van der Waals surface area contributed by atoms with Crippen molar-refractivity contribution in [1.82, 2.24) is 4.98 Å². The highest BCUT2D eigenvalue weighted by atomic mass is 32.1.